The molecular formula is C25H24BrN3O5. The van der Waals surface area contributed by atoms with Crippen LogP contribution in [0.4, 0.5) is 5.69 Å². The lowest BCUT2D eigenvalue weighted by Crippen LogP contribution is -2.32. The Labute approximate surface area is 206 Å². The number of ether oxygens (including phenoxy) is 3. The van der Waals surface area contributed by atoms with E-state index in [2.05, 4.69) is 31.8 Å². The van der Waals surface area contributed by atoms with Crippen LogP contribution in [0.1, 0.15) is 16.7 Å². The first-order valence-electron chi connectivity index (χ1n) is 10.2. The molecule has 3 rings (SSSR count). The number of aryl methyl sites for hydroxylation is 1. The minimum atomic E-state index is -0.925. The summed E-state index contributed by atoms with van der Waals surface area (Å²) in [6.45, 7) is 2.40. The van der Waals surface area contributed by atoms with Crippen molar-refractivity contribution in [2.75, 3.05) is 19.5 Å². The third-order valence-corrected chi connectivity index (χ3v) is 5.29. The number of para-hydroxylation sites is 2. The van der Waals surface area contributed by atoms with Gasteiger partial charge in [0.1, 0.15) is 12.4 Å². The van der Waals surface area contributed by atoms with Gasteiger partial charge in [0.25, 0.3) is 0 Å². The highest BCUT2D eigenvalue weighted by Crippen LogP contribution is 2.36. The average molecular weight is 526 g/mol. The van der Waals surface area contributed by atoms with Crippen molar-refractivity contribution in [2.24, 2.45) is 5.10 Å². The standard InChI is InChI=1S/C25H24BrN3O5/c1-16-8-10-17(11-9-16)15-34-23-19(26)12-18(13-22(23)33-3)14-27-29-25(31)24(30)28-20-6-4-5-7-21(20)32-2/h4-14H,15H2,1-3H3,(H,28,30)(H,29,31). The number of methoxy groups -OCH3 is 2. The molecule has 0 saturated heterocycles. The van der Waals surface area contributed by atoms with Crippen molar-refractivity contribution in [3.63, 3.8) is 0 Å². The number of nitrogens with zero attached hydrogens (tertiary/aromatic N) is 1. The Balaban J connectivity index is 1.62. The molecule has 3 aromatic rings. The zero-order valence-electron chi connectivity index (χ0n) is 18.9. The molecule has 2 N–H and O–H groups in total. The fourth-order valence-corrected chi connectivity index (χ4v) is 3.51. The van der Waals surface area contributed by atoms with Crippen LogP contribution in [0.5, 0.6) is 17.2 Å². The molecule has 0 spiro atoms. The van der Waals surface area contributed by atoms with E-state index in [1.165, 1.54) is 26.0 Å². The van der Waals surface area contributed by atoms with E-state index in [1.807, 2.05) is 31.2 Å². The van der Waals surface area contributed by atoms with Gasteiger partial charge in [0.2, 0.25) is 0 Å². The number of carbonyl (C=O) groups is 2. The molecule has 176 valence electrons. The maximum Gasteiger partial charge on any atom is 0.329 e. The summed E-state index contributed by atoms with van der Waals surface area (Å²) in [5.74, 6) is -0.330. The number of benzene rings is 3. The van der Waals surface area contributed by atoms with Crippen LogP contribution in [0.25, 0.3) is 0 Å². The Morgan fingerprint density at radius 2 is 1.68 bits per heavy atom. The smallest absolute Gasteiger partial charge is 0.329 e. The van der Waals surface area contributed by atoms with Gasteiger partial charge in [-0.3, -0.25) is 9.59 Å². The Morgan fingerprint density at radius 3 is 2.38 bits per heavy atom. The lowest BCUT2D eigenvalue weighted by atomic mass is 10.2. The number of carbonyl (C=O) groups excluding carboxylic acids is 2. The van der Waals surface area contributed by atoms with E-state index < -0.39 is 11.8 Å². The summed E-state index contributed by atoms with van der Waals surface area (Å²) in [7, 11) is 3.01. The van der Waals surface area contributed by atoms with E-state index in [-0.39, 0.29) is 0 Å². The monoisotopic (exact) mass is 525 g/mol. The molecule has 0 aromatic heterocycles. The van der Waals surface area contributed by atoms with E-state index in [1.54, 1.807) is 36.4 Å². The van der Waals surface area contributed by atoms with Gasteiger partial charge in [-0.1, -0.05) is 42.0 Å². The first-order valence-corrected chi connectivity index (χ1v) is 11.0. The zero-order valence-corrected chi connectivity index (χ0v) is 20.5. The predicted molar refractivity (Wildman–Crippen MR) is 134 cm³/mol. The highest BCUT2D eigenvalue weighted by atomic mass is 79.9. The summed E-state index contributed by atoms with van der Waals surface area (Å²) >= 11 is 3.49. The Hall–Kier alpha value is -3.85. The van der Waals surface area contributed by atoms with Crippen molar-refractivity contribution in [1.82, 2.24) is 5.43 Å². The number of nitrogens with one attached hydrogen (secondary N) is 2. The van der Waals surface area contributed by atoms with Gasteiger partial charge in [-0.25, -0.2) is 5.43 Å². The summed E-state index contributed by atoms with van der Waals surface area (Å²) < 4.78 is 17.2. The van der Waals surface area contributed by atoms with Crippen molar-refractivity contribution in [3.8, 4) is 17.2 Å². The molecule has 2 amide bonds. The van der Waals surface area contributed by atoms with E-state index in [0.717, 1.165) is 5.56 Å². The predicted octanol–water partition coefficient (Wildman–Crippen LogP) is 4.44. The van der Waals surface area contributed by atoms with Crippen LogP contribution >= 0.6 is 15.9 Å². The summed E-state index contributed by atoms with van der Waals surface area (Å²) in [5.41, 5.74) is 5.41. The van der Waals surface area contributed by atoms with Crippen molar-refractivity contribution in [2.45, 2.75) is 13.5 Å². The molecule has 0 bridgehead atoms. The summed E-state index contributed by atoms with van der Waals surface area (Å²) in [6.07, 6.45) is 1.39. The Kier molecular flexibility index (Phi) is 8.64. The fourth-order valence-electron chi connectivity index (χ4n) is 2.94. The summed E-state index contributed by atoms with van der Waals surface area (Å²) in [4.78, 5) is 24.2. The molecule has 34 heavy (non-hydrogen) atoms. The molecule has 0 fully saturated rings. The van der Waals surface area contributed by atoms with Crippen LogP contribution in [0.15, 0.2) is 70.2 Å². The quantitative estimate of drug-likeness (QED) is 0.257. The van der Waals surface area contributed by atoms with Crippen molar-refractivity contribution >= 4 is 39.6 Å². The van der Waals surface area contributed by atoms with E-state index in [9.17, 15) is 9.59 Å². The van der Waals surface area contributed by atoms with Gasteiger partial charge in [-0.15, -0.1) is 0 Å². The van der Waals surface area contributed by atoms with E-state index >= 15 is 0 Å². The van der Waals surface area contributed by atoms with Gasteiger partial charge < -0.3 is 19.5 Å². The minimum Gasteiger partial charge on any atom is -0.495 e. The molecule has 0 heterocycles. The van der Waals surface area contributed by atoms with Crippen LogP contribution in [0.2, 0.25) is 0 Å². The largest absolute Gasteiger partial charge is 0.495 e. The highest BCUT2D eigenvalue weighted by molar-refractivity contribution is 9.10. The van der Waals surface area contributed by atoms with E-state index in [0.29, 0.717) is 39.6 Å². The molecule has 8 nitrogen and oxygen atoms in total. The van der Waals surface area contributed by atoms with Crippen molar-refractivity contribution in [1.29, 1.82) is 0 Å². The van der Waals surface area contributed by atoms with Gasteiger partial charge in [0, 0.05) is 0 Å². The maximum absolute atomic E-state index is 12.1. The van der Waals surface area contributed by atoms with Crippen LogP contribution in [0.3, 0.4) is 0 Å². The zero-order chi connectivity index (χ0) is 24.5. The first-order chi connectivity index (χ1) is 16.4. The molecule has 3 aromatic carbocycles. The molecular weight excluding hydrogens is 502 g/mol. The summed E-state index contributed by atoms with van der Waals surface area (Å²) in [6, 6.07) is 18.3. The normalized spacial score (nSPS) is 10.6. The van der Waals surface area contributed by atoms with Crippen LogP contribution in [0, 0.1) is 6.92 Å². The second kappa shape index (κ2) is 11.9. The molecule has 0 aliphatic heterocycles. The third-order valence-electron chi connectivity index (χ3n) is 4.70. The minimum absolute atomic E-state index is 0.375. The Morgan fingerprint density at radius 1 is 0.971 bits per heavy atom. The molecule has 0 aliphatic carbocycles. The molecule has 0 saturated carbocycles. The average Bonchev–Trinajstić information content (AvgIpc) is 2.84. The number of hydrazone groups is 1. The topological polar surface area (TPSA) is 98.2 Å². The van der Waals surface area contributed by atoms with Gasteiger partial charge in [0.15, 0.2) is 11.5 Å². The van der Waals surface area contributed by atoms with Crippen LogP contribution < -0.4 is 25.0 Å². The second-order valence-electron chi connectivity index (χ2n) is 7.16. The van der Waals surface area contributed by atoms with Crippen LogP contribution in [-0.2, 0) is 16.2 Å². The first kappa shape index (κ1) is 24.8. The maximum atomic E-state index is 12.1. The number of anilines is 1. The molecule has 0 atom stereocenters. The third kappa shape index (κ3) is 6.58. The Bertz CT molecular complexity index is 1200. The second-order valence-corrected chi connectivity index (χ2v) is 8.02. The van der Waals surface area contributed by atoms with Gasteiger partial charge in [-0.05, 0) is 58.2 Å². The lowest BCUT2D eigenvalue weighted by molar-refractivity contribution is -0.136. The van der Waals surface area contributed by atoms with Crippen molar-refractivity contribution in [3.05, 3.63) is 81.8 Å². The molecule has 9 heteroatoms. The lowest BCUT2D eigenvalue weighted by Gasteiger charge is -2.13. The van der Waals surface area contributed by atoms with Crippen LogP contribution in [-0.4, -0.2) is 32.2 Å². The van der Waals surface area contributed by atoms with Gasteiger partial charge in [0.05, 0.1) is 30.6 Å². The molecule has 0 aliphatic rings. The summed E-state index contributed by atoms with van der Waals surface area (Å²) in [5, 5.41) is 6.34. The number of hydrogen-bond acceptors (Lipinski definition) is 6. The number of rotatable bonds is 8. The SMILES string of the molecule is COc1ccccc1NC(=O)C(=O)NN=Cc1cc(Br)c(OCc2ccc(C)cc2)c(OC)c1. The van der Waals surface area contributed by atoms with Crippen molar-refractivity contribution < 1.29 is 23.8 Å². The molecule has 0 radical (unpaired) electrons. The van der Waals surface area contributed by atoms with E-state index in [4.69, 9.17) is 14.2 Å². The number of hydrogen-bond donors (Lipinski definition) is 2. The fraction of sp³-hybridized carbons (Fsp3) is 0.160. The van der Waals surface area contributed by atoms with Gasteiger partial charge in [-0.2, -0.15) is 5.10 Å². The van der Waals surface area contributed by atoms with Gasteiger partial charge >= 0.3 is 11.8 Å². The number of halogens is 1. The molecule has 0 unspecified atom stereocenters. The highest BCUT2D eigenvalue weighted by Gasteiger charge is 2.15. The number of amides is 2.